The van der Waals surface area contributed by atoms with Crippen molar-refractivity contribution in [2.45, 2.75) is 43.3 Å². The van der Waals surface area contributed by atoms with Gasteiger partial charge in [0.2, 0.25) is 11.5 Å². The van der Waals surface area contributed by atoms with E-state index in [1.165, 1.54) is 11.8 Å². The quantitative estimate of drug-likeness (QED) is 0.117. The van der Waals surface area contributed by atoms with Crippen LogP contribution in [0.4, 0.5) is 10.9 Å². The number of aliphatic carboxylic acids is 1. The molecule has 3 aromatic heterocycles. The number of anilines is 2. The third kappa shape index (κ3) is 4.52. The van der Waals surface area contributed by atoms with E-state index in [4.69, 9.17) is 16.3 Å². The molecular formula is C22H22N10O5S2. The maximum absolute atomic E-state index is 13.2. The normalized spacial score (nSPS) is 21.4. The fourth-order valence-corrected chi connectivity index (χ4v) is 6.23. The molecule has 1 saturated heterocycles. The van der Waals surface area contributed by atoms with E-state index in [2.05, 4.69) is 24.9 Å². The Bertz CT molecular complexity index is 1560. The highest BCUT2D eigenvalue weighted by molar-refractivity contribution is 8.00. The molecule has 5 N–H and O–H groups in total. The van der Waals surface area contributed by atoms with E-state index < -0.39 is 29.2 Å². The Morgan fingerprint density at radius 1 is 1.31 bits per heavy atom. The van der Waals surface area contributed by atoms with Crippen LogP contribution in [0.25, 0.3) is 5.65 Å². The maximum Gasteiger partial charge on any atom is 0.307 e. The average Bonchev–Trinajstić information content (AvgIpc) is 3.48. The van der Waals surface area contributed by atoms with Crippen LogP contribution in [0.2, 0.25) is 0 Å². The van der Waals surface area contributed by atoms with Crippen LogP contribution in [0, 0.1) is 0 Å². The molecule has 2 fully saturated rings. The van der Waals surface area contributed by atoms with Crippen molar-refractivity contribution in [2.75, 3.05) is 17.2 Å². The van der Waals surface area contributed by atoms with Crippen LogP contribution in [0.15, 0.2) is 41.0 Å². The lowest BCUT2D eigenvalue weighted by molar-refractivity contribution is -0.662. The number of carbonyl (C=O) groups is 3. The van der Waals surface area contributed by atoms with Gasteiger partial charge in [-0.2, -0.15) is 9.36 Å². The van der Waals surface area contributed by atoms with Gasteiger partial charge < -0.3 is 31.5 Å². The minimum Gasteiger partial charge on any atom is -0.543 e. The number of nitrogens with zero attached hydrogens (tertiary/aromatic N) is 7. The number of carboxylic acid groups (broad SMARTS) is 1. The summed E-state index contributed by atoms with van der Waals surface area (Å²) in [5.41, 5.74) is 12.2. The maximum atomic E-state index is 13.2. The van der Waals surface area contributed by atoms with E-state index in [9.17, 15) is 19.5 Å². The van der Waals surface area contributed by atoms with Crippen molar-refractivity contribution in [2.24, 2.45) is 5.16 Å². The number of nitrogen functional groups attached to an aromatic ring is 2. The molecular weight excluding hydrogens is 548 g/mol. The molecule has 0 aromatic carbocycles. The van der Waals surface area contributed by atoms with E-state index >= 15 is 0 Å². The lowest BCUT2D eigenvalue weighted by Crippen LogP contribution is -2.71. The fourth-order valence-electron chi connectivity index (χ4n) is 4.46. The van der Waals surface area contributed by atoms with Gasteiger partial charge in [0.1, 0.15) is 30.3 Å². The topological polar surface area (TPSA) is 210 Å². The van der Waals surface area contributed by atoms with Gasteiger partial charge in [0.05, 0.1) is 11.7 Å². The van der Waals surface area contributed by atoms with Crippen LogP contribution in [-0.4, -0.2) is 70.6 Å². The Balaban J connectivity index is 1.21. The molecule has 0 spiro atoms. The molecule has 1 aliphatic carbocycles. The molecule has 0 unspecified atom stereocenters. The van der Waals surface area contributed by atoms with Gasteiger partial charge in [-0.3, -0.25) is 14.5 Å². The molecule has 39 heavy (non-hydrogen) atoms. The molecule has 15 nitrogen and oxygen atoms in total. The summed E-state index contributed by atoms with van der Waals surface area (Å²) in [6.07, 6.45) is 5.99. The van der Waals surface area contributed by atoms with Gasteiger partial charge in [-0.05, 0) is 25.3 Å². The summed E-state index contributed by atoms with van der Waals surface area (Å²) in [5, 5.41) is 22.5. The van der Waals surface area contributed by atoms with Crippen molar-refractivity contribution < 1.29 is 28.9 Å². The standard InChI is InChI=1S/C22H22N10O5S2/c23-12-4-5-13-30(6-7-31(13)27-12)8-10-9-38-20-15(19(34)32(20)16(10)21(35)36)25-18(33)14(17-26-22(24)39-29-17)28-37-11-2-1-3-11/h4-7,11,15,20H,1-3,8-9H2,(H5-,23,24,25,26,27,29,33,35,36)/b28-14-/t15-,20-/m1/s1. The van der Waals surface area contributed by atoms with Crippen molar-refractivity contribution in [3.63, 3.8) is 0 Å². The van der Waals surface area contributed by atoms with Gasteiger partial charge in [-0.1, -0.05) is 14.8 Å². The Hall–Kier alpha value is -4.25. The number of hydrogen-bond acceptors (Lipinski definition) is 13. The number of aromatic nitrogens is 5. The van der Waals surface area contributed by atoms with Crippen LogP contribution in [0.1, 0.15) is 25.1 Å². The second kappa shape index (κ2) is 9.81. The number of β-lactam (4-membered cyclic amide) rings is 1. The molecule has 2 amide bonds. The zero-order chi connectivity index (χ0) is 27.3. The third-order valence-corrected chi connectivity index (χ3v) is 8.53. The average molecular weight is 571 g/mol. The monoisotopic (exact) mass is 570 g/mol. The number of thioether (sulfide) groups is 1. The van der Waals surface area contributed by atoms with Crippen LogP contribution in [0.5, 0.6) is 0 Å². The molecule has 17 heteroatoms. The predicted molar refractivity (Wildman–Crippen MR) is 136 cm³/mol. The summed E-state index contributed by atoms with van der Waals surface area (Å²) in [6.45, 7) is 0.193. The number of fused-ring (bicyclic) bond motifs is 2. The molecule has 3 aliphatic rings. The first-order valence-corrected chi connectivity index (χ1v) is 13.8. The zero-order valence-corrected chi connectivity index (χ0v) is 21.9. The molecule has 202 valence electrons. The molecule has 2 aliphatic heterocycles. The van der Waals surface area contributed by atoms with Crippen LogP contribution >= 0.6 is 23.3 Å². The Morgan fingerprint density at radius 2 is 2.13 bits per heavy atom. The number of rotatable bonds is 8. The molecule has 3 aromatic rings. The minimum atomic E-state index is -1.47. The highest BCUT2D eigenvalue weighted by Gasteiger charge is 2.53. The van der Waals surface area contributed by atoms with Crippen LogP contribution < -0.4 is 26.5 Å². The molecule has 2 atom stereocenters. The summed E-state index contributed by atoms with van der Waals surface area (Å²) in [4.78, 5) is 49.1. The molecule has 1 saturated carbocycles. The second-order valence-electron chi connectivity index (χ2n) is 9.14. The number of amides is 2. The molecule has 0 radical (unpaired) electrons. The van der Waals surface area contributed by atoms with Crippen LogP contribution in [-0.2, 0) is 25.8 Å². The lowest BCUT2D eigenvalue weighted by Gasteiger charge is -2.50. The van der Waals surface area contributed by atoms with Gasteiger partial charge in [0.15, 0.2) is 17.1 Å². The molecule has 5 heterocycles. The van der Waals surface area contributed by atoms with E-state index in [-0.39, 0.29) is 35.0 Å². The highest BCUT2D eigenvalue weighted by atomic mass is 32.2. The van der Waals surface area contributed by atoms with Crippen molar-refractivity contribution in [3.05, 3.63) is 41.6 Å². The van der Waals surface area contributed by atoms with E-state index in [0.29, 0.717) is 22.8 Å². The number of nitrogens with two attached hydrogens (primary N) is 2. The van der Waals surface area contributed by atoms with E-state index in [1.807, 2.05) is 0 Å². The number of oxime groups is 1. The van der Waals surface area contributed by atoms with E-state index in [0.717, 1.165) is 35.7 Å². The number of nitrogens with one attached hydrogen (secondary N) is 1. The van der Waals surface area contributed by atoms with Crippen molar-refractivity contribution >= 4 is 63.4 Å². The van der Waals surface area contributed by atoms with Gasteiger partial charge in [0, 0.05) is 28.9 Å². The number of imidazole rings is 1. The Morgan fingerprint density at radius 3 is 2.82 bits per heavy atom. The summed E-state index contributed by atoms with van der Waals surface area (Å²) < 4.78 is 7.42. The van der Waals surface area contributed by atoms with Gasteiger partial charge in [-0.25, -0.2) is 4.57 Å². The van der Waals surface area contributed by atoms with Crippen molar-refractivity contribution in [1.29, 1.82) is 0 Å². The summed E-state index contributed by atoms with van der Waals surface area (Å²) in [6, 6.07) is 2.42. The number of carbonyl (C=O) groups excluding carboxylic acids is 3. The SMILES string of the molecule is Nc1ccc2n(cc[n+]2CC2=C(C(=O)[O-])N3C(=O)[C@@H](NC(=O)/C(=N\OC4CCC4)c4nsc(N)n4)[C@H]3SC2)n1. The first kappa shape index (κ1) is 25.1. The predicted octanol–water partition coefficient (Wildman–Crippen LogP) is -1.98. The third-order valence-electron chi connectivity index (χ3n) is 6.65. The number of hydrogen-bond donors (Lipinski definition) is 3. The van der Waals surface area contributed by atoms with Crippen molar-refractivity contribution in [1.82, 2.24) is 29.2 Å². The zero-order valence-electron chi connectivity index (χ0n) is 20.2. The highest BCUT2D eigenvalue weighted by Crippen LogP contribution is 2.40. The largest absolute Gasteiger partial charge is 0.543 e. The summed E-state index contributed by atoms with van der Waals surface area (Å²) >= 11 is 2.23. The first-order chi connectivity index (χ1) is 18.8. The first-order valence-electron chi connectivity index (χ1n) is 12.0. The number of carboxylic acids is 1. The molecule has 6 rings (SSSR count). The summed E-state index contributed by atoms with van der Waals surface area (Å²) in [5.74, 6) is -2.15. The van der Waals surface area contributed by atoms with Crippen molar-refractivity contribution in [3.8, 4) is 0 Å². The van der Waals surface area contributed by atoms with Crippen LogP contribution in [0.3, 0.4) is 0 Å². The minimum absolute atomic E-state index is 0.0140. The summed E-state index contributed by atoms with van der Waals surface area (Å²) in [7, 11) is 0. The lowest BCUT2D eigenvalue weighted by atomic mass is 9.97. The van der Waals surface area contributed by atoms with Gasteiger partial charge >= 0.3 is 5.65 Å². The van der Waals surface area contributed by atoms with Gasteiger partial charge in [0.25, 0.3) is 11.8 Å². The smallest absolute Gasteiger partial charge is 0.307 e. The Labute approximate surface area is 228 Å². The fraction of sp³-hybridized carbons (Fsp3) is 0.364. The molecule has 0 bridgehead atoms. The Kier molecular flexibility index (Phi) is 6.30. The van der Waals surface area contributed by atoms with Gasteiger partial charge in [-0.15, -0.1) is 11.8 Å². The van der Waals surface area contributed by atoms with E-state index in [1.54, 1.807) is 33.6 Å². The second-order valence-corrected chi connectivity index (χ2v) is 11.0.